The predicted octanol–water partition coefficient (Wildman–Crippen LogP) is 6.51. The van der Waals surface area contributed by atoms with Gasteiger partial charge in [0.25, 0.3) is 0 Å². The average molecular weight is 533 g/mol. The van der Waals surface area contributed by atoms with Crippen molar-refractivity contribution in [3.63, 3.8) is 0 Å². The highest BCUT2D eigenvalue weighted by atomic mass is 16.5. The molecule has 39 heavy (non-hydrogen) atoms. The van der Waals surface area contributed by atoms with Crippen LogP contribution in [0, 0.1) is 0 Å². The molecule has 3 aromatic carbocycles. The number of rotatable bonds is 12. The van der Waals surface area contributed by atoms with E-state index in [-0.39, 0.29) is 31.1 Å². The van der Waals surface area contributed by atoms with E-state index in [1.54, 1.807) is 18.2 Å². The molecule has 0 fully saturated rings. The van der Waals surface area contributed by atoms with Crippen LogP contribution < -0.4 is 10.1 Å². The van der Waals surface area contributed by atoms with Gasteiger partial charge in [-0.2, -0.15) is 0 Å². The van der Waals surface area contributed by atoms with Gasteiger partial charge in [0.1, 0.15) is 24.5 Å². The quantitative estimate of drug-likeness (QED) is 0.204. The molecule has 0 aliphatic heterocycles. The molecule has 0 spiro atoms. The third-order valence-electron chi connectivity index (χ3n) is 6.01. The largest absolute Gasteiger partial charge is 0.488 e. The number of hydrogen-bond acceptors (Lipinski definition) is 5. The lowest BCUT2D eigenvalue weighted by Crippen LogP contribution is -2.45. The summed E-state index contributed by atoms with van der Waals surface area (Å²) in [6.45, 7) is 6.23. The summed E-state index contributed by atoms with van der Waals surface area (Å²) in [6.07, 6.45) is 0.321. The zero-order valence-electron chi connectivity index (χ0n) is 22.7. The van der Waals surface area contributed by atoms with Crippen LogP contribution in [-0.4, -0.2) is 40.1 Å². The molecule has 0 aliphatic rings. The average Bonchev–Trinajstić information content (AvgIpc) is 2.91. The number of benzene rings is 3. The highest BCUT2D eigenvalue weighted by Gasteiger charge is 2.25. The second-order valence-electron chi connectivity index (χ2n) is 10.2. The van der Waals surface area contributed by atoms with Crippen molar-refractivity contribution in [3.05, 3.63) is 95.6 Å². The zero-order valence-corrected chi connectivity index (χ0v) is 22.7. The monoisotopic (exact) mass is 532 g/mol. The molecule has 8 nitrogen and oxygen atoms in total. The SMILES string of the molecule is CC(C)(C)N(CCCCC(=O)Nc1ccc(OCc2ccccc2)c(C(=O)OCc2ccccc2)c1)C(=O)O. The Bertz CT molecular complexity index is 1240. The normalized spacial score (nSPS) is 10.9. The van der Waals surface area contributed by atoms with Crippen LogP contribution in [0.5, 0.6) is 5.75 Å². The second-order valence-corrected chi connectivity index (χ2v) is 10.2. The molecular formula is C31H36N2O6. The molecule has 0 saturated carbocycles. The van der Waals surface area contributed by atoms with E-state index in [2.05, 4.69) is 5.32 Å². The molecule has 0 heterocycles. The summed E-state index contributed by atoms with van der Waals surface area (Å²) in [5, 5.41) is 12.2. The lowest BCUT2D eigenvalue weighted by Gasteiger charge is -2.33. The maximum atomic E-state index is 13.0. The third-order valence-corrected chi connectivity index (χ3v) is 6.01. The minimum Gasteiger partial charge on any atom is -0.488 e. The number of ether oxygens (including phenoxy) is 2. The van der Waals surface area contributed by atoms with E-state index >= 15 is 0 Å². The molecule has 8 heteroatoms. The number of nitrogens with zero attached hydrogens (tertiary/aromatic N) is 1. The first kappa shape index (κ1) is 29.2. The number of nitrogens with one attached hydrogen (secondary N) is 1. The highest BCUT2D eigenvalue weighted by molar-refractivity contribution is 5.96. The third kappa shape index (κ3) is 9.48. The first-order valence-corrected chi connectivity index (χ1v) is 13.0. The molecule has 2 N–H and O–H groups in total. The predicted molar refractivity (Wildman–Crippen MR) is 150 cm³/mol. The Morgan fingerprint density at radius 3 is 2.05 bits per heavy atom. The van der Waals surface area contributed by atoms with Crippen molar-refractivity contribution in [1.82, 2.24) is 4.90 Å². The molecule has 0 bridgehead atoms. The van der Waals surface area contributed by atoms with E-state index in [1.807, 2.05) is 81.4 Å². The number of carboxylic acid groups (broad SMARTS) is 1. The molecule has 0 radical (unpaired) electrons. The van der Waals surface area contributed by atoms with E-state index in [9.17, 15) is 19.5 Å². The van der Waals surface area contributed by atoms with Gasteiger partial charge in [-0.3, -0.25) is 4.79 Å². The Hall–Kier alpha value is -4.33. The van der Waals surface area contributed by atoms with Gasteiger partial charge in [-0.15, -0.1) is 0 Å². The fraction of sp³-hybridized carbons (Fsp3) is 0.323. The summed E-state index contributed by atoms with van der Waals surface area (Å²) in [5.41, 5.74) is 1.95. The minimum atomic E-state index is -0.979. The molecule has 0 unspecified atom stereocenters. The molecule has 3 aromatic rings. The molecule has 0 aromatic heterocycles. The summed E-state index contributed by atoms with van der Waals surface area (Å²) in [4.78, 5) is 38.5. The second kappa shape index (κ2) is 14.0. The Morgan fingerprint density at radius 2 is 1.46 bits per heavy atom. The number of esters is 1. The van der Waals surface area contributed by atoms with Gasteiger partial charge in [0.05, 0.1) is 0 Å². The summed E-state index contributed by atoms with van der Waals surface area (Å²) in [7, 11) is 0. The summed E-state index contributed by atoms with van der Waals surface area (Å²) in [5.74, 6) is -0.436. The lowest BCUT2D eigenvalue weighted by molar-refractivity contribution is -0.116. The number of anilines is 1. The fourth-order valence-corrected chi connectivity index (χ4v) is 3.93. The van der Waals surface area contributed by atoms with Crippen LogP contribution >= 0.6 is 0 Å². The van der Waals surface area contributed by atoms with Gasteiger partial charge in [0, 0.05) is 24.2 Å². The van der Waals surface area contributed by atoms with Gasteiger partial charge in [0.15, 0.2) is 0 Å². The maximum absolute atomic E-state index is 13.0. The van der Waals surface area contributed by atoms with Crippen molar-refractivity contribution in [2.24, 2.45) is 0 Å². The highest BCUT2D eigenvalue weighted by Crippen LogP contribution is 2.26. The topological polar surface area (TPSA) is 105 Å². The zero-order chi connectivity index (χ0) is 28.3. The molecule has 2 amide bonds. The van der Waals surface area contributed by atoms with Crippen LogP contribution in [0.2, 0.25) is 0 Å². The fourth-order valence-electron chi connectivity index (χ4n) is 3.93. The lowest BCUT2D eigenvalue weighted by atomic mass is 10.1. The van der Waals surface area contributed by atoms with Gasteiger partial charge in [-0.05, 0) is 62.9 Å². The van der Waals surface area contributed by atoms with E-state index in [1.165, 1.54) is 4.90 Å². The van der Waals surface area contributed by atoms with Crippen molar-refractivity contribution in [2.75, 3.05) is 11.9 Å². The number of amides is 2. The Morgan fingerprint density at radius 1 is 0.846 bits per heavy atom. The van der Waals surface area contributed by atoms with Crippen LogP contribution in [0.4, 0.5) is 10.5 Å². The van der Waals surface area contributed by atoms with E-state index in [0.29, 0.717) is 30.8 Å². The van der Waals surface area contributed by atoms with Gasteiger partial charge < -0.3 is 24.8 Å². The number of hydrogen-bond donors (Lipinski definition) is 2. The van der Waals surface area contributed by atoms with Crippen molar-refractivity contribution in [1.29, 1.82) is 0 Å². The summed E-state index contributed by atoms with van der Waals surface area (Å²) < 4.78 is 11.5. The number of carbonyl (C=O) groups excluding carboxylic acids is 2. The Balaban J connectivity index is 1.64. The van der Waals surface area contributed by atoms with Crippen molar-refractivity contribution < 1.29 is 29.0 Å². The standard InChI is InChI=1S/C31H36N2O6/c1-31(2,3)33(30(36)37)19-11-10-16-28(34)32-25-17-18-27(38-21-23-12-6-4-7-13-23)26(20-25)29(35)39-22-24-14-8-5-9-15-24/h4-9,12-15,17-18,20H,10-11,16,19,21-22H2,1-3H3,(H,32,34)(H,36,37). The smallest absolute Gasteiger partial charge is 0.407 e. The molecule has 0 saturated heterocycles. The van der Waals surface area contributed by atoms with Crippen molar-refractivity contribution in [2.45, 2.75) is 58.8 Å². The summed E-state index contributed by atoms with van der Waals surface area (Å²) >= 11 is 0. The van der Waals surface area contributed by atoms with E-state index in [0.717, 1.165) is 11.1 Å². The van der Waals surface area contributed by atoms with Gasteiger partial charge in [-0.25, -0.2) is 9.59 Å². The van der Waals surface area contributed by atoms with Crippen LogP contribution in [-0.2, 0) is 22.7 Å². The molecule has 0 atom stereocenters. The van der Waals surface area contributed by atoms with E-state index < -0.39 is 17.6 Å². The van der Waals surface area contributed by atoms with Crippen molar-refractivity contribution >= 4 is 23.7 Å². The van der Waals surface area contributed by atoms with Gasteiger partial charge in [-0.1, -0.05) is 60.7 Å². The molecule has 0 aliphatic carbocycles. The van der Waals surface area contributed by atoms with Crippen LogP contribution in [0.25, 0.3) is 0 Å². The maximum Gasteiger partial charge on any atom is 0.407 e. The molecule has 206 valence electrons. The van der Waals surface area contributed by atoms with Crippen LogP contribution in [0.1, 0.15) is 61.5 Å². The molecular weight excluding hydrogens is 496 g/mol. The molecule has 3 rings (SSSR count). The van der Waals surface area contributed by atoms with Crippen LogP contribution in [0.15, 0.2) is 78.9 Å². The number of unbranched alkanes of at least 4 members (excludes halogenated alkanes) is 1. The van der Waals surface area contributed by atoms with Crippen molar-refractivity contribution in [3.8, 4) is 5.75 Å². The number of carbonyl (C=O) groups is 3. The van der Waals surface area contributed by atoms with E-state index in [4.69, 9.17) is 9.47 Å². The van der Waals surface area contributed by atoms with Crippen LogP contribution in [0.3, 0.4) is 0 Å². The van der Waals surface area contributed by atoms with Gasteiger partial charge >= 0.3 is 12.1 Å². The summed E-state index contributed by atoms with van der Waals surface area (Å²) in [6, 6.07) is 23.8. The van der Waals surface area contributed by atoms with Gasteiger partial charge in [0.2, 0.25) is 5.91 Å². The first-order valence-electron chi connectivity index (χ1n) is 13.0. The Kier molecular flexibility index (Phi) is 10.5. The minimum absolute atomic E-state index is 0.107. The Labute approximate surface area is 229 Å². The first-order chi connectivity index (χ1) is 18.6.